The van der Waals surface area contributed by atoms with E-state index in [0.717, 1.165) is 17.0 Å². The normalized spacial score (nSPS) is 10.8. The molecule has 0 saturated carbocycles. The molecule has 1 N–H and O–H groups in total. The number of nitro groups is 1. The molecule has 0 unspecified atom stereocenters. The summed E-state index contributed by atoms with van der Waals surface area (Å²) >= 11 is 0. The molecule has 0 atom stereocenters. The molecule has 3 aromatic carbocycles. The fourth-order valence-corrected chi connectivity index (χ4v) is 3.30. The molecule has 0 bridgehead atoms. The Morgan fingerprint density at radius 3 is 2.38 bits per heavy atom. The van der Waals surface area contributed by atoms with E-state index in [2.05, 4.69) is 15.5 Å². The zero-order valence-corrected chi connectivity index (χ0v) is 17.8. The van der Waals surface area contributed by atoms with Crippen molar-refractivity contribution in [2.24, 2.45) is 0 Å². The maximum atomic E-state index is 12.7. The summed E-state index contributed by atoms with van der Waals surface area (Å²) in [5.41, 5.74) is 4.03. The molecule has 0 aliphatic rings. The van der Waals surface area contributed by atoms with Crippen LogP contribution in [-0.4, -0.2) is 32.4 Å². The van der Waals surface area contributed by atoms with Crippen LogP contribution < -0.4 is 10.1 Å². The van der Waals surface area contributed by atoms with Crippen LogP contribution in [0.15, 0.2) is 54.6 Å². The molecule has 0 radical (unpaired) electrons. The van der Waals surface area contributed by atoms with Crippen LogP contribution in [0.1, 0.15) is 28.4 Å². The van der Waals surface area contributed by atoms with E-state index in [-0.39, 0.29) is 11.3 Å². The number of nitrogens with one attached hydrogen (secondary N) is 1. The number of amides is 1. The van der Waals surface area contributed by atoms with Crippen LogP contribution in [0, 0.1) is 24.0 Å². The Bertz CT molecular complexity index is 1330. The summed E-state index contributed by atoms with van der Waals surface area (Å²) < 4.78 is 5.46. The van der Waals surface area contributed by atoms with Gasteiger partial charge >= 0.3 is 0 Å². The summed E-state index contributed by atoms with van der Waals surface area (Å²) in [6.45, 7) is 6.00. The minimum absolute atomic E-state index is 0.0943. The van der Waals surface area contributed by atoms with Gasteiger partial charge in [0.2, 0.25) is 0 Å². The fourth-order valence-electron chi connectivity index (χ4n) is 3.30. The standard InChI is InChI=1S/C23H21N5O4/c1-4-32-18-9-7-17(8-10-18)27-25-20-11-15(3)19(13-21(20)26-27)24-23(29)16-6-5-14(2)22(12-16)28(30)31/h5-13H,4H2,1-3H3,(H,24,29). The molecule has 0 saturated heterocycles. The van der Waals surface area contributed by atoms with Gasteiger partial charge in [-0.1, -0.05) is 6.07 Å². The monoisotopic (exact) mass is 431 g/mol. The molecule has 0 aliphatic carbocycles. The van der Waals surface area contributed by atoms with E-state index >= 15 is 0 Å². The number of benzene rings is 3. The number of ether oxygens (including phenoxy) is 1. The molecule has 1 aromatic heterocycles. The van der Waals surface area contributed by atoms with E-state index in [1.165, 1.54) is 10.9 Å². The first-order valence-electron chi connectivity index (χ1n) is 10.0. The van der Waals surface area contributed by atoms with E-state index in [0.29, 0.717) is 28.9 Å². The highest BCUT2D eigenvalue weighted by Gasteiger charge is 2.16. The largest absolute Gasteiger partial charge is 0.494 e. The van der Waals surface area contributed by atoms with Crippen LogP contribution in [-0.2, 0) is 0 Å². The summed E-state index contributed by atoms with van der Waals surface area (Å²) in [5, 5.41) is 23.0. The van der Waals surface area contributed by atoms with Gasteiger partial charge in [-0.2, -0.15) is 4.80 Å². The van der Waals surface area contributed by atoms with Gasteiger partial charge in [-0.3, -0.25) is 14.9 Å². The average molecular weight is 431 g/mol. The highest BCUT2D eigenvalue weighted by Crippen LogP contribution is 2.25. The van der Waals surface area contributed by atoms with Crippen molar-refractivity contribution in [3.05, 3.63) is 81.4 Å². The topological polar surface area (TPSA) is 112 Å². The van der Waals surface area contributed by atoms with E-state index in [1.807, 2.05) is 44.2 Å². The van der Waals surface area contributed by atoms with Gasteiger partial charge in [0, 0.05) is 22.9 Å². The number of hydrogen-bond acceptors (Lipinski definition) is 6. The number of nitro benzene ring substituents is 1. The predicted octanol–water partition coefficient (Wildman–Crippen LogP) is 4.60. The molecule has 9 heteroatoms. The van der Waals surface area contributed by atoms with Crippen LogP contribution in [0.4, 0.5) is 11.4 Å². The number of aryl methyl sites for hydroxylation is 2. The van der Waals surface area contributed by atoms with Gasteiger partial charge in [0.15, 0.2) is 0 Å². The van der Waals surface area contributed by atoms with E-state index in [1.54, 1.807) is 25.1 Å². The Kier molecular flexibility index (Phi) is 5.55. The lowest BCUT2D eigenvalue weighted by molar-refractivity contribution is -0.385. The molecule has 0 spiro atoms. The van der Waals surface area contributed by atoms with E-state index < -0.39 is 10.8 Å². The molecule has 32 heavy (non-hydrogen) atoms. The van der Waals surface area contributed by atoms with Crippen molar-refractivity contribution in [1.29, 1.82) is 0 Å². The predicted molar refractivity (Wildman–Crippen MR) is 121 cm³/mol. The summed E-state index contributed by atoms with van der Waals surface area (Å²) in [4.78, 5) is 24.9. The Morgan fingerprint density at radius 2 is 1.72 bits per heavy atom. The maximum Gasteiger partial charge on any atom is 0.273 e. The summed E-state index contributed by atoms with van der Waals surface area (Å²) in [6.07, 6.45) is 0. The molecule has 1 heterocycles. The molecule has 0 fully saturated rings. The second-order valence-corrected chi connectivity index (χ2v) is 7.28. The smallest absolute Gasteiger partial charge is 0.273 e. The second kappa shape index (κ2) is 8.46. The number of carbonyl (C=O) groups excluding carboxylic acids is 1. The second-order valence-electron chi connectivity index (χ2n) is 7.28. The van der Waals surface area contributed by atoms with Gasteiger partial charge in [-0.15, -0.1) is 10.2 Å². The molecule has 162 valence electrons. The van der Waals surface area contributed by atoms with Gasteiger partial charge in [-0.05, 0) is 68.8 Å². The number of rotatable bonds is 6. The minimum Gasteiger partial charge on any atom is -0.494 e. The molecule has 4 aromatic rings. The SMILES string of the molecule is CCOc1ccc(-n2nc3cc(C)c(NC(=O)c4ccc(C)c([N+](=O)[O-])c4)cc3n2)cc1. The van der Waals surface area contributed by atoms with Crippen molar-refractivity contribution >= 4 is 28.3 Å². The maximum absolute atomic E-state index is 12.7. The third-order valence-electron chi connectivity index (χ3n) is 5.02. The summed E-state index contributed by atoms with van der Waals surface area (Å²) in [5.74, 6) is 0.333. The Morgan fingerprint density at radius 1 is 1.03 bits per heavy atom. The Hall–Kier alpha value is -4.27. The van der Waals surface area contributed by atoms with Crippen molar-refractivity contribution < 1.29 is 14.5 Å². The lowest BCUT2D eigenvalue weighted by Crippen LogP contribution is -2.13. The summed E-state index contributed by atoms with van der Waals surface area (Å²) in [7, 11) is 0. The third kappa shape index (κ3) is 4.13. The van der Waals surface area contributed by atoms with Crippen molar-refractivity contribution in [1.82, 2.24) is 15.0 Å². The third-order valence-corrected chi connectivity index (χ3v) is 5.02. The van der Waals surface area contributed by atoms with Crippen molar-refractivity contribution in [2.45, 2.75) is 20.8 Å². The number of fused-ring (bicyclic) bond motifs is 1. The molecule has 4 rings (SSSR count). The number of hydrogen-bond donors (Lipinski definition) is 1. The fraction of sp³-hybridized carbons (Fsp3) is 0.174. The first-order chi connectivity index (χ1) is 15.4. The van der Waals surface area contributed by atoms with Gasteiger partial charge in [0.1, 0.15) is 16.8 Å². The first kappa shape index (κ1) is 21.0. The Balaban J connectivity index is 1.61. The number of carbonyl (C=O) groups is 1. The number of nitrogens with zero attached hydrogens (tertiary/aromatic N) is 4. The zero-order chi connectivity index (χ0) is 22.8. The molecule has 0 aliphatic heterocycles. The van der Waals surface area contributed by atoms with Crippen molar-refractivity contribution in [3.63, 3.8) is 0 Å². The van der Waals surface area contributed by atoms with Gasteiger partial charge < -0.3 is 10.1 Å². The van der Waals surface area contributed by atoms with Gasteiger partial charge in [0.05, 0.1) is 17.2 Å². The molecular weight excluding hydrogens is 410 g/mol. The first-order valence-corrected chi connectivity index (χ1v) is 10.0. The Labute approximate surface area is 183 Å². The van der Waals surface area contributed by atoms with Crippen LogP contribution in [0.3, 0.4) is 0 Å². The van der Waals surface area contributed by atoms with Gasteiger partial charge in [0.25, 0.3) is 11.6 Å². The van der Waals surface area contributed by atoms with Crippen LogP contribution >= 0.6 is 0 Å². The molecule has 9 nitrogen and oxygen atoms in total. The van der Waals surface area contributed by atoms with Crippen LogP contribution in [0.2, 0.25) is 0 Å². The lowest BCUT2D eigenvalue weighted by Gasteiger charge is -2.08. The highest BCUT2D eigenvalue weighted by molar-refractivity contribution is 6.05. The number of anilines is 1. The average Bonchev–Trinajstić information content (AvgIpc) is 3.17. The van der Waals surface area contributed by atoms with Gasteiger partial charge in [-0.25, -0.2) is 0 Å². The van der Waals surface area contributed by atoms with Crippen molar-refractivity contribution in [2.75, 3.05) is 11.9 Å². The van der Waals surface area contributed by atoms with Crippen LogP contribution in [0.25, 0.3) is 16.7 Å². The quantitative estimate of drug-likeness (QED) is 0.353. The van der Waals surface area contributed by atoms with Crippen LogP contribution in [0.5, 0.6) is 5.75 Å². The lowest BCUT2D eigenvalue weighted by atomic mass is 10.1. The highest BCUT2D eigenvalue weighted by atomic mass is 16.6. The van der Waals surface area contributed by atoms with Crippen molar-refractivity contribution in [3.8, 4) is 11.4 Å². The zero-order valence-electron chi connectivity index (χ0n) is 17.8. The van der Waals surface area contributed by atoms with E-state index in [9.17, 15) is 14.9 Å². The summed E-state index contributed by atoms with van der Waals surface area (Å²) in [6, 6.07) is 15.4. The number of aromatic nitrogens is 3. The molecule has 1 amide bonds. The minimum atomic E-state index is -0.497. The molecular formula is C23H21N5O4. The van der Waals surface area contributed by atoms with E-state index in [4.69, 9.17) is 4.74 Å².